The second-order valence-electron chi connectivity index (χ2n) is 5.92. The molecule has 0 aliphatic heterocycles. The number of hydrogen-bond donors (Lipinski definition) is 2. The minimum absolute atomic E-state index is 0.223. The first kappa shape index (κ1) is 19.2. The maximum atomic E-state index is 12.6. The fourth-order valence-electron chi connectivity index (χ4n) is 2.59. The Morgan fingerprint density at radius 1 is 1.19 bits per heavy atom. The van der Waals surface area contributed by atoms with Gasteiger partial charge < -0.3 is 11.1 Å². The van der Waals surface area contributed by atoms with Gasteiger partial charge in [-0.25, -0.2) is 0 Å². The standard InChI is InChI=1S/C20H19N2O3PS/c1-25-26(24)11-10-14-4-6-15(7-5-14)20(23)22-18-13-16(8-9-17(18)21)19-3-2-12-27-19/h2-9,12-13H,10-11,21H2,1H3/p+1. The van der Waals surface area contributed by atoms with Gasteiger partial charge in [-0.3, -0.25) is 4.79 Å². The van der Waals surface area contributed by atoms with E-state index in [-0.39, 0.29) is 5.91 Å². The molecule has 27 heavy (non-hydrogen) atoms. The highest BCUT2D eigenvalue weighted by Gasteiger charge is 2.14. The van der Waals surface area contributed by atoms with Crippen LogP contribution in [0.15, 0.2) is 60.0 Å². The van der Waals surface area contributed by atoms with Gasteiger partial charge in [0.05, 0.1) is 18.5 Å². The number of carbonyl (C=O) groups is 1. The number of rotatable bonds is 7. The van der Waals surface area contributed by atoms with E-state index in [1.807, 2.05) is 41.8 Å². The van der Waals surface area contributed by atoms with E-state index in [0.29, 0.717) is 29.5 Å². The van der Waals surface area contributed by atoms with E-state index in [2.05, 4.69) is 5.32 Å². The summed E-state index contributed by atoms with van der Waals surface area (Å²) in [6.45, 7) is 0. The zero-order valence-electron chi connectivity index (χ0n) is 14.8. The smallest absolute Gasteiger partial charge is 0.397 e. The van der Waals surface area contributed by atoms with Crippen LogP contribution in [0, 0.1) is 0 Å². The Kier molecular flexibility index (Phi) is 6.35. The molecule has 138 valence electrons. The molecule has 1 amide bonds. The largest absolute Gasteiger partial charge is 0.508 e. The summed E-state index contributed by atoms with van der Waals surface area (Å²) >= 11 is 1.63. The number of benzene rings is 2. The number of hydrogen-bond acceptors (Lipinski definition) is 5. The molecule has 2 aromatic carbocycles. The monoisotopic (exact) mass is 399 g/mol. The van der Waals surface area contributed by atoms with E-state index in [4.69, 9.17) is 10.3 Å². The van der Waals surface area contributed by atoms with Gasteiger partial charge in [0.25, 0.3) is 5.91 Å². The Balaban J connectivity index is 1.70. The lowest BCUT2D eigenvalue weighted by atomic mass is 10.1. The van der Waals surface area contributed by atoms with E-state index < -0.39 is 8.03 Å². The topological polar surface area (TPSA) is 81.4 Å². The predicted octanol–water partition coefficient (Wildman–Crippen LogP) is 5.18. The molecule has 0 bridgehead atoms. The molecule has 3 aromatic rings. The number of nitrogens with one attached hydrogen (secondary N) is 1. The van der Waals surface area contributed by atoms with Crippen LogP contribution in [0.1, 0.15) is 15.9 Å². The molecule has 0 aliphatic rings. The van der Waals surface area contributed by atoms with Crippen LogP contribution in [-0.4, -0.2) is 19.2 Å². The number of aryl methyl sites for hydroxylation is 1. The van der Waals surface area contributed by atoms with Gasteiger partial charge in [-0.1, -0.05) is 24.3 Å². The molecule has 1 aromatic heterocycles. The lowest BCUT2D eigenvalue weighted by molar-refractivity contribution is 0.102. The molecule has 1 heterocycles. The van der Waals surface area contributed by atoms with E-state index in [0.717, 1.165) is 16.0 Å². The van der Waals surface area contributed by atoms with Crippen molar-refractivity contribution >= 4 is 36.6 Å². The quantitative estimate of drug-likeness (QED) is 0.424. The highest BCUT2D eigenvalue weighted by atomic mass is 32.1. The van der Waals surface area contributed by atoms with Gasteiger partial charge in [0.1, 0.15) is 0 Å². The highest BCUT2D eigenvalue weighted by molar-refractivity contribution is 7.39. The van der Waals surface area contributed by atoms with Crippen molar-refractivity contribution in [3.8, 4) is 10.4 Å². The second-order valence-corrected chi connectivity index (χ2v) is 8.34. The van der Waals surface area contributed by atoms with Crippen molar-refractivity contribution in [1.82, 2.24) is 0 Å². The molecule has 0 aliphatic carbocycles. The van der Waals surface area contributed by atoms with Crippen molar-refractivity contribution in [2.75, 3.05) is 24.3 Å². The molecule has 0 saturated heterocycles. The minimum atomic E-state index is -1.62. The van der Waals surface area contributed by atoms with Crippen molar-refractivity contribution in [1.29, 1.82) is 0 Å². The summed E-state index contributed by atoms with van der Waals surface area (Å²) in [5.74, 6) is -0.223. The average molecular weight is 399 g/mol. The summed E-state index contributed by atoms with van der Waals surface area (Å²) in [7, 11) is -0.185. The Hall–Kier alpha value is -2.53. The lowest BCUT2D eigenvalue weighted by Gasteiger charge is -2.10. The normalized spacial score (nSPS) is 11.2. The van der Waals surface area contributed by atoms with Crippen molar-refractivity contribution < 1.29 is 13.9 Å². The highest BCUT2D eigenvalue weighted by Crippen LogP contribution is 2.30. The molecule has 0 radical (unpaired) electrons. The van der Waals surface area contributed by atoms with Gasteiger partial charge in [0.2, 0.25) is 0 Å². The third kappa shape index (κ3) is 5.01. The van der Waals surface area contributed by atoms with E-state index in [9.17, 15) is 9.36 Å². The summed E-state index contributed by atoms with van der Waals surface area (Å²) in [4.78, 5) is 13.7. The van der Waals surface area contributed by atoms with Crippen LogP contribution in [0.25, 0.3) is 10.4 Å². The SMILES string of the molecule is CO[P+](=O)CCc1ccc(C(=O)Nc2cc(-c3cccs3)ccc2N)cc1. The fraction of sp³-hybridized carbons (Fsp3) is 0.150. The van der Waals surface area contributed by atoms with Crippen molar-refractivity contribution in [2.24, 2.45) is 0 Å². The first-order valence-electron chi connectivity index (χ1n) is 8.39. The summed E-state index contributed by atoms with van der Waals surface area (Å²) in [6, 6.07) is 16.9. The summed E-state index contributed by atoms with van der Waals surface area (Å²) < 4.78 is 16.1. The molecule has 0 spiro atoms. The molecule has 1 atom stereocenters. The minimum Gasteiger partial charge on any atom is -0.397 e. The van der Waals surface area contributed by atoms with Gasteiger partial charge in [-0.15, -0.1) is 15.9 Å². The number of carbonyl (C=O) groups excluding carboxylic acids is 1. The average Bonchev–Trinajstić information content (AvgIpc) is 3.23. The maximum absolute atomic E-state index is 12.6. The lowest BCUT2D eigenvalue weighted by Crippen LogP contribution is -2.13. The molecule has 1 unspecified atom stereocenters. The van der Waals surface area contributed by atoms with Crippen LogP contribution in [0.4, 0.5) is 11.4 Å². The number of anilines is 2. The van der Waals surface area contributed by atoms with Crippen molar-refractivity contribution in [3.63, 3.8) is 0 Å². The zero-order chi connectivity index (χ0) is 19.2. The van der Waals surface area contributed by atoms with Crippen molar-refractivity contribution in [2.45, 2.75) is 6.42 Å². The van der Waals surface area contributed by atoms with Gasteiger partial charge in [-0.2, -0.15) is 0 Å². The molecule has 0 fully saturated rings. The summed E-state index contributed by atoms with van der Waals surface area (Å²) in [5.41, 5.74) is 9.69. The first-order chi connectivity index (χ1) is 13.1. The molecule has 0 saturated carbocycles. The number of amides is 1. The van der Waals surface area contributed by atoms with E-state index in [1.165, 1.54) is 7.11 Å². The zero-order valence-corrected chi connectivity index (χ0v) is 16.6. The number of nitrogen functional groups attached to an aromatic ring is 1. The molecular weight excluding hydrogens is 379 g/mol. The first-order valence-corrected chi connectivity index (χ1v) is 10.6. The summed E-state index contributed by atoms with van der Waals surface area (Å²) in [6.07, 6.45) is 1.10. The van der Waals surface area contributed by atoms with Gasteiger partial charge in [0.15, 0.2) is 6.16 Å². The van der Waals surface area contributed by atoms with Crippen LogP contribution in [0.5, 0.6) is 0 Å². The van der Waals surface area contributed by atoms with Crippen LogP contribution in [0.2, 0.25) is 0 Å². The van der Waals surface area contributed by atoms with Gasteiger partial charge in [0, 0.05) is 16.9 Å². The third-order valence-corrected chi connectivity index (χ3v) is 6.02. The predicted molar refractivity (Wildman–Crippen MR) is 112 cm³/mol. The van der Waals surface area contributed by atoms with Gasteiger partial charge >= 0.3 is 8.03 Å². The molecule has 5 nitrogen and oxygen atoms in total. The van der Waals surface area contributed by atoms with E-state index in [1.54, 1.807) is 29.5 Å². The van der Waals surface area contributed by atoms with Crippen LogP contribution >= 0.6 is 19.4 Å². The van der Waals surface area contributed by atoms with E-state index >= 15 is 0 Å². The molecule has 7 heteroatoms. The van der Waals surface area contributed by atoms with Crippen molar-refractivity contribution in [3.05, 3.63) is 71.1 Å². The number of nitrogens with two attached hydrogens (primary N) is 1. The third-order valence-electron chi connectivity index (χ3n) is 4.11. The Labute approximate surface area is 163 Å². The van der Waals surface area contributed by atoms with Crippen LogP contribution in [-0.2, 0) is 15.5 Å². The molecule has 3 N–H and O–H groups in total. The number of thiophene rings is 1. The Bertz CT molecular complexity index is 940. The molecular formula is C20H20N2O3PS+. The maximum Gasteiger partial charge on any atom is 0.508 e. The second kappa shape index (κ2) is 8.91. The van der Waals surface area contributed by atoms with Crippen LogP contribution in [0.3, 0.4) is 0 Å². The summed E-state index contributed by atoms with van der Waals surface area (Å²) in [5, 5.41) is 4.89. The fourth-order valence-corrected chi connectivity index (χ4v) is 3.94. The Morgan fingerprint density at radius 2 is 1.96 bits per heavy atom. The van der Waals surface area contributed by atoms with Gasteiger partial charge in [-0.05, 0) is 51.4 Å². The molecule has 3 rings (SSSR count). The Morgan fingerprint density at radius 3 is 2.63 bits per heavy atom. The van der Waals surface area contributed by atoms with Crippen LogP contribution < -0.4 is 11.1 Å².